The summed E-state index contributed by atoms with van der Waals surface area (Å²) in [4.78, 5) is 23.5. The average molecular weight is 418 g/mol. The van der Waals surface area contributed by atoms with Crippen molar-refractivity contribution in [1.29, 1.82) is 0 Å². The van der Waals surface area contributed by atoms with Crippen LogP contribution in [-0.2, 0) is 6.42 Å². The molecule has 0 bridgehead atoms. The van der Waals surface area contributed by atoms with E-state index in [-0.39, 0.29) is 23.8 Å². The third-order valence-electron chi connectivity index (χ3n) is 6.15. The molecule has 1 aliphatic heterocycles. The largest absolute Gasteiger partial charge is 0.339 e. The topological polar surface area (TPSA) is 72.1 Å². The number of piperidine rings is 1. The highest BCUT2D eigenvalue weighted by Gasteiger charge is 2.30. The molecular formula is C22H25F3N4O. The molecule has 2 fully saturated rings. The standard InChI is InChI=1S/C22H25F3N4O/c1-12-16(11-27-21(28-12)14-2-3-14)22(30)29-6-4-13(5-7-29)20(26)9-15-8-18(24)19(25)10-17(15)23/h8,10-11,13-14,20H,2-7,9,26H2,1H3/t20-/m1/s1. The molecule has 8 heteroatoms. The van der Waals surface area contributed by atoms with E-state index in [0.717, 1.165) is 24.7 Å². The summed E-state index contributed by atoms with van der Waals surface area (Å²) < 4.78 is 40.4. The van der Waals surface area contributed by atoms with Crippen molar-refractivity contribution in [2.75, 3.05) is 13.1 Å². The summed E-state index contributed by atoms with van der Waals surface area (Å²) in [6.07, 6.45) is 5.29. The first kappa shape index (κ1) is 20.8. The summed E-state index contributed by atoms with van der Waals surface area (Å²) in [7, 11) is 0. The molecule has 2 heterocycles. The van der Waals surface area contributed by atoms with Crippen LogP contribution < -0.4 is 5.73 Å². The van der Waals surface area contributed by atoms with Crippen LogP contribution in [0.1, 0.15) is 59.0 Å². The molecule has 2 aliphatic rings. The van der Waals surface area contributed by atoms with Crippen LogP contribution in [-0.4, -0.2) is 39.9 Å². The summed E-state index contributed by atoms with van der Waals surface area (Å²) >= 11 is 0. The second-order valence-corrected chi connectivity index (χ2v) is 8.36. The number of nitrogens with two attached hydrogens (primary N) is 1. The molecule has 1 saturated heterocycles. The summed E-state index contributed by atoms with van der Waals surface area (Å²) in [5.41, 5.74) is 7.53. The molecule has 1 saturated carbocycles. The maximum Gasteiger partial charge on any atom is 0.257 e. The third-order valence-corrected chi connectivity index (χ3v) is 6.15. The molecular weight excluding hydrogens is 393 g/mol. The Morgan fingerprint density at radius 1 is 1.13 bits per heavy atom. The lowest BCUT2D eigenvalue weighted by Crippen LogP contribution is -2.44. The Labute approximate surface area is 173 Å². The fourth-order valence-electron chi connectivity index (χ4n) is 4.08. The van der Waals surface area contributed by atoms with Gasteiger partial charge in [-0.3, -0.25) is 4.79 Å². The van der Waals surface area contributed by atoms with E-state index in [0.29, 0.717) is 49.2 Å². The number of aryl methyl sites for hydroxylation is 1. The van der Waals surface area contributed by atoms with Gasteiger partial charge in [0.25, 0.3) is 5.91 Å². The number of hydrogen-bond donors (Lipinski definition) is 1. The number of halogens is 3. The molecule has 1 atom stereocenters. The SMILES string of the molecule is Cc1nc(C2CC2)ncc1C(=O)N1CCC([C@H](N)Cc2cc(F)c(F)cc2F)CC1. The Bertz CT molecular complexity index is 956. The molecule has 160 valence electrons. The minimum Gasteiger partial charge on any atom is -0.339 e. The second kappa shape index (κ2) is 8.34. The molecule has 4 rings (SSSR count). The van der Waals surface area contributed by atoms with Crippen LogP contribution in [0.4, 0.5) is 13.2 Å². The lowest BCUT2D eigenvalue weighted by Gasteiger charge is -2.35. The first-order valence-electron chi connectivity index (χ1n) is 10.3. The van der Waals surface area contributed by atoms with E-state index < -0.39 is 23.5 Å². The van der Waals surface area contributed by atoms with E-state index in [1.54, 1.807) is 11.1 Å². The Morgan fingerprint density at radius 2 is 1.80 bits per heavy atom. The Balaban J connectivity index is 1.35. The van der Waals surface area contributed by atoms with Crippen LogP contribution in [0.2, 0.25) is 0 Å². The number of nitrogens with zero attached hydrogens (tertiary/aromatic N) is 3. The molecule has 1 aliphatic carbocycles. The number of carbonyl (C=O) groups excluding carboxylic acids is 1. The average Bonchev–Trinajstić information content (AvgIpc) is 3.57. The molecule has 2 N–H and O–H groups in total. The predicted molar refractivity (Wildman–Crippen MR) is 105 cm³/mol. The monoisotopic (exact) mass is 418 g/mol. The number of amides is 1. The second-order valence-electron chi connectivity index (χ2n) is 8.36. The van der Waals surface area contributed by atoms with Gasteiger partial charge in [0, 0.05) is 37.3 Å². The summed E-state index contributed by atoms with van der Waals surface area (Å²) in [6, 6.07) is 1.03. The Kier molecular flexibility index (Phi) is 5.77. The van der Waals surface area contributed by atoms with E-state index in [2.05, 4.69) is 9.97 Å². The smallest absolute Gasteiger partial charge is 0.257 e. The van der Waals surface area contributed by atoms with Gasteiger partial charge in [-0.05, 0) is 56.6 Å². The fourth-order valence-corrected chi connectivity index (χ4v) is 4.08. The number of aromatic nitrogens is 2. The summed E-state index contributed by atoms with van der Waals surface area (Å²) in [6.45, 7) is 2.89. The minimum absolute atomic E-state index is 0.0659. The number of benzene rings is 1. The van der Waals surface area contributed by atoms with Crippen molar-refractivity contribution < 1.29 is 18.0 Å². The van der Waals surface area contributed by atoms with Gasteiger partial charge in [0.2, 0.25) is 0 Å². The molecule has 1 aromatic heterocycles. The van der Waals surface area contributed by atoms with Gasteiger partial charge in [0.05, 0.1) is 11.3 Å². The first-order chi connectivity index (χ1) is 14.3. The van der Waals surface area contributed by atoms with Crippen LogP contribution in [0.5, 0.6) is 0 Å². The molecule has 5 nitrogen and oxygen atoms in total. The molecule has 2 aromatic rings. The normalized spacial score (nSPS) is 18.5. The third kappa shape index (κ3) is 4.33. The van der Waals surface area contributed by atoms with Gasteiger partial charge in [-0.25, -0.2) is 23.1 Å². The van der Waals surface area contributed by atoms with Crippen LogP contribution in [0.25, 0.3) is 0 Å². The highest BCUT2D eigenvalue weighted by Crippen LogP contribution is 2.38. The van der Waals surface area contributed by atoms with Gasteiger partial charge in [-0.1, -0.05) is 0 Å². The van der Waals surface area contributed by atoms with Crippen molar-refractivity contribution in [2.45, 2.75) is 51.0 Å². The van der Waals surface area contributed by atoms with Gasteiger partial charge < -0.3 is 10.6 Å². The lowest BCUT2D eigenvalue weighted by atomic mass is 9.86. The van der Waals surface area contributed by atoms with Crippen LogP contribution >= 0.6 is 0 Å². The fraction of sp³-hybridized carbons (Fsp3) is 0.500. The van der Waals surface area contributed by atoms with Crippen molar-refractivity contribution in [3.05, 3.63) is 58.4 Å². The first-order valence-corrected chi connectivity index (χ1v) is 10.3. The quantitative estimate of drug-likeness (QED) is 0.755. The highest BCUT2D eigenvalue weighted by molar-refractivity contribution is 5.95. The Hall–Kier alpha value is -2.48. The van der Waals surface area contributed by atoms with Crippen molar-refractivity contribution >= 4 is 5.91 Å². The number of rotatable bonds is 5. The van der Waals surface area contributed by atoms with Gasteiger partial charge in [0.1, 0.15) is 11.6 Å². The van der Waals surface area contributed by atoms with Gasteiger partial charge in [-0.2, -0.15) is 0 Å². The molecule has 1 amide bonds. The molecule has 0 radical (unpaired) electrons. The summed E-state index contributed by atoms with van der Waals surface area (Å²) in [5.74, 6) is -1.85. The maximum atomic E-state index is 13.9. The van der Waals surface area contributed by atoms with E-state index in [9.17, 15) is 18.0 Å². The number of hydrogen-bond acceptors (Lipinski definition) is 4. The molecule has 30 heavy (non-hydrogen) atoms. The number of carbonyl (C=O) groups is 1. The molecule has 0 unspecified atom stereocenters. The van der Waals surface area contributed by atoms with Crippen molar-refractivity contribution in [3.63, 3.8) is 0 Å². The van der Waals surface area contributed by atoms with Crippen molar-refractivity contribution in [3.8, 4) is 0 Å². The van der Waals surface area contributed by atoms with Crippen LogP contribution in [0.15, 0.2) is 18.3 Å². The van der Waals surface area contributed by atoms with Crippen LogP contribution in [0.3, 0.4) is 0 Å². The van der Waals surface area contributed by atoms with Crippen molar-refractivity contribution in [2.24, 2.45) is 11.7 Å². The zero-order chi connectivity index (χ0) is 21.4. The zero-order valence-electron chi connectivity index (χ0n) is 16.9. The Morgan fingerprint density at radius 3 is 2.43 bits per heavy atom. The van der Waals surface area contributed by atoms with E-state index in [1.165, 1.54) is 0 Å². The number of likely N-dealkylation sites (tertiary alicyclic amines) is 1. The minimum atomic E-state index is -1.21. The van der Waals surface area contributed by atoms with Gasteiger partial charge >= 0.3 is 0 Å². The zero-order valence-corrected chi connectivity index (χ0v) is 16.9. The van der Waals surface area contributed by atoms with E-state index in [4.69, 9.17) is 5.73 Å². The highest BCUT2D eigenvalue weighted by atomic mass is 19.2. The van der Waals surface area contributed by atoms with Crippen LogP contribution in [0, 0.1) is 30.3 Å². The molecule has 0 spiro atoms. The lowest BCUT2D eigenvalue weighted by molar-refractivity contribution is 0.0676. The predicted octanol–water partition coefficient (Wildman–Crippen LogP) is 3.50. The van der Waals surface area contributed by atoms with E-state index in [1.807, 2.05) is 6.92 Å². The maximum absolute atomic E-state index is 13.9. The van der Waals surface area contributed by atoms with Gasteiger partial charge in [0.15, 0.2) is 11.6 Å². The van der Waals surface area contributed by atoms with Crippen molar-refractivity contribution in [1.82, 2.24) is 14.9 Å². The molecule has 1 aromatic carbocycles. The van der Waals surface area contributed by atoms with Gasteiger partial charge in [-0.15, -0.1) is 0 Å². The summed E-state index contributed by atoms with van der Waals surface area (Å²) in [5, 5.41) is 0. The van der Waals surface area contributed by atoms with E-state index >= 15 is 0 Å².